The number of carboxylic acids is 1. The van der Waals surface area contributed by atoms with Crippen molar-refractivity contribution >= 4 is 5.97 Å². The van der Waals surface area contributed by atoms with Crippen LogP contribution in [-0.4, -0.2) is 27.8 Å². The molecule has 0 saturated carbocycles. The van der Waals surface area contributed by atoms with E-state index in [2.05, 4.69) is 5.32 Å². The fraction of sp³-hybridized carbons (Fsp3) is 0.417. The van der Waals surface area contributed by atoms with Crippen LogP contribution in [0.1, 0.15) is 23.6 Å². The number of hydrogen-bond acceptors (Lipinski definition) is 4. The van der Waals surface area contributed by atoms with Gasteiger partial charge in [0.2, 0.25) is 0 Å². The maximum Gasteiger partial charge on any atom is 0.307 e. The van der Waals surface area contributed by atoms with E-state index in [1.165, 1.54) is 0 Å². The molecule has 1 aliphatic heterocycles. The van der Waals surface area contributed by atoms with Gasteiger partial charge in [0.1, 0.15) is 5.75 Å². The Morgan fingerprint density at radius 3 is 2.76 bits per heavy atom. The lowest BCUT2D eigenvalue weighted by Crippen LogP contribution is -2.17. The third-order valence-electron chi connectivity index (χ3n) is 3.16. The second-order valence-corrected chi connectivity index (χ2v) is 4.28. The van der Waals surface area contributed by atoms with Crippen LogP contribution in [0.3, 0.4) is 0 Å². The van der Waals surface area contributed by atoms with Gasteiger partial charge in [-0.2, -0.15) is 0 Å². The molecule has 92 valence electrons. The smallest absolute Gasteiger partial charge is 0.307 e. The first-order valence-electron chi connectivity index (χ1n) is 5.50. The minimum Gasteiger partial charge on any atom is -0.508 e. The van der Waals surface area contributed by atoms with Crippen LogP contribution in [0.4, 0.5) is 0 Å². The average molecular weight is 237 g/mol. The van der Waals surface area contributed by atoms with E-state index in [1.54, 1.807) is 18.2 Å². The zero-order valence-corrected chi connectivity index (χ0v) is 9.26. The molecule has 2 rings (SSSR count). The molecular weight excluding hydrogens is 222 g/mol. The molecule has 1 aromatic rings. The fourth-order valence-electron chi connectivity index (χ4n) is 2.11. The van der Waals surface area contributed by atoms with Gasteiger partial charge >= 0.3 is 5.97 Å². The molecule has 4 N–H and O–H groups in total. The number of hydrogen-bond donors (Lipinski definition) is 4. The van der Waals surface area contributed by atoms with Gasteiger partial charge in [0.05, 0.1) is 12.5 Å². The van der Waals surface area contributed by atoms with Crippen LogP contribution in [0.5, 0.6) is 5.75 Å². The Kier molecular flexibility index (Phi) is 3.31. The predicted octanol–water partition coefficient (Wildman–Crippen LogP) is 0.620. The van der Waals surface area contributed by atoms with E-state index in [1.807, 2.05) is 0 Å². The summed E-state index contributed by atoms with van der Waals surface area (Å²) in [6, 6.07) is 4.98. The molecule has 0 aromatic heterocycles. The molecule has 1 saturated heterocycles. The van der Waals surface area contributed by atoms with Crippen molar-refractivity contribution < 1.29 is 20.1 Å². The number of aliphatic hydroxyl groups excluding tert-OH is 1. The Labute approximate surface area is 98.7 Å². The van der Waals surface area contributed by atoms with Crippen LogP contribution in [0.25, 0.3) is 0 Å². The molecule has 5 heteroatoms. The van der Waals surface area contributed by atoms with Crippen molar-refractivity contribution in [2.75, 3.05) is 6.54 Å². The van der Waals surface area contributed by atoms with Gasteiger partial charge in [-0.15, -0.1) is 0 Å². The number of benzene rings is 1. The van der Waals surface area contributed by atoms with E-state index in [9.17, 15) is 9.90 Å². The lowest BCUT2D eigenvalue weighted by Gasteiger charge is -2.12. The first kappa shape index (κ1) is 11.9. The number of carbonyl (C=O) groups is 1. The van der Waals surface area contributed by atoms with Crippen LogP contribution in [-0.2, 0) is 11.4 Å². The van der Waals surface area contributed by atoms with E-state index >= 15 is 0 Å². The van der Waals surface area contributed by atoms with Gasteiger partial charge in [-0.3, -0.25) is 4.79 Å². The van der Waals surface area contributed by atoms with Crippen molar-refractivity contribution in [2.45, 2.75) is 19.1 Å². The van der Waals surface area contributed by atoms with Gasteiger partial charge < -0.3 is 20.6 Å². The van der Waals surface area contributed by atoms with Crippen LogP contribution in [0.2, 0.25) is 0 Å². The third-order valence-corrected chi connectivity index (χ3v) is 3.16. The van der Waals surface area contributed by atoms with Gasteiger partial charge in [0.15, 0.2) is 0 Å². The van der Waals surface area contributed by atoms with Crippen LogP contribution >= 0.6 is 0 Å². The summed E-state index contributed by atoms with van der Waals surface area (Å²) in [6.45, 7) is 0.241. The van der Waals surface area contributed by atoms with Gasteiger partial charge in [-0.05, 0) is 18.1 Å². The Bertz CT molecular complexity index is 433. The third kappa shape index (κ3) is 2.40. The topological polar surface area (TPSA) is 89.8 Å². The molecule has 0 spiro atoms. The predicted molar refractivity (Wildman–Crippen MR) is 60.5 cm³/mol. The summed E-state index contributed by atoms with van der Waals surface area (Å²) in [5, 5.41) is 30.6. The number of nitrogens with one attached hydrogen (secondary N) is 1. The summed E-state index contributed by atoms with van der Waals surface area (Å²) in [6.07, 6.45) is 0.521. The summed E-state index contributed by atoms with van der Waals surface area (Å²) in [5.74, 6) is -1.12. The number of rotatable bonds is 3. The number of aliphatic carboxylic acids is 1. The molecule has 0 bridgehead atoms. The first-order chi connectivity index (χ1) is 8.11. The Morgan fingerprint density at radius 2 is 2.24 bits per heavy atom. The highest BCUT2D eigenvalue weighted by atomic mass is 16.4. The Balaban J connectivity index is 2.14. The highest BCUT2D eigenvalue weighted by Gasteiger charge is 2.30. The van der Waals surface area contributed by atoms with Gasteiger partial charge in [-0.25, -0.2) is 0 Å². The molecule has 0 amide bonds. The zero-order chi connectivity index (χ0) is 12.4. The summed E-state index contributed by atoms with van der Waals surface area (Å²) in [7, 11) is 0. The van der Waals surface area contributed by atoms with Crippen molar-refractivity contribution in [3.8, 4) is 5.75 Å². The largest absolute Gasteiger partial charge is 0.508 e. The molecule has 0 aliphatic carbocycles. The molecule has 1 aromatic carbocycles. The van der Waals surface area contributed by atoms with E-state index < -0.39 is 5.97 Å². The van der Waals surface area contributed by atoms with E-state index in [-0.39, 0.29) is 24.3 Å². The standard InChI is InChI=1S/C12H15NO4/c14-6-8-2-1-7(4-11(8)15)10-3-9(5-13-10)12(16)17/h1-2,4,9-10,13-15H,3,5-6H2,(H,16,17). The second kappa shape index (κ2) is 4.73. The summed E-state index contributed by atoms with van der Waals surface area (Å²) in [5.41, 5.74) is 1.32. The molecule has 1 fully saturated rings. The summed E-state index contributed by atoms with van der Waals surface area (Å²) >= 11 is 0. The quantitative estimate of drug-likeness (QED) is 0.618. The SMILES string of the molecule is O=C(O)C1CNC(c2ccc(CO)c(O)c2)C1. The summed E-state index contributed by atoms with van der Waals surface area (Å²) < 4.78 is 0. The van der Waals surface area contributed by atoms with Gasteiger partial charge in [-0.1, -0.05) is 12.1 Å². The highest BCUT2D eigenvalue weighted by Crippen LogP contribution is 2.30. The highest BCUT2D eigenvalue weighted by molar-refractivity contribution is 5.70. The molecule has 2 atom stereocenters. The van der Waals surface area contributed by atoms with Crippen LogP contribution < -0.4 is 5.32 Å². The van der Waals surface area contributed by atoms with Crippen molar-refractivity contribution in [3.63, 3.8) is 0 Å². The first-order valence-corrected chi connectivity index (χ1v) is 5.50. The van der Waals surface area contributed by atoms with Crippen molar-refractivity contribution in [1.82, 2.24) is 5.32 Å². The number of aliphatic hydroxyl groups is 1. The maximum absolute atomic E-state index is 10.8. The van der Waals surface area contributed by atoms with Crippen molar-refractivity contribution in [1.29, 1.82) is 0 Å². The molecule has 1 aliphatic rings. The minimum absolute atomic E-state index is 0.0465. The van der Waals surface area contributed by atoms with Crippen molar-refractivity contribution in [2.24, 2.45) is 5.92 Å². The minimum atomic E-state index is -0.795. The van der Waals surface area contributed by atoms with E-state index in [0.29, 0.717) is 18.5 Å². The van der Waals surface area contributed by atoms with Crippen LogP contribution in [0.15, 0.2) is 18.2 Å². The number of carboxylic acid groups (broad SMARTS) is 1. The lowest BCUT2D eigenvalue weighted by atomic mass is 9.99. The monoisotopic (exact) mass is 237 g/mol. The fourth-order valence-corrected chi connectivity index (χ4v) is 2.11. The molecule has 0 radical (unpaired) electrons. The molecule has 1 heterocycles. The number of aromatic hydroxyl groups is 1. The van der Waals surface area contributed by atoms with Crippen molar-refractivity contribution in [3.05, 3.63) is 29.3 Å². The second-order valence-electron chi connectivity index (χ2n) is 4.28. The van der Waals surface area contributed by atoms with E-state index in [0.717, 1.165) is 5.56 Å². The normalized spacial score (nSPS) is 23.8. The van der Waals surface area contributed by atoms with Gasteiger partial charge in [0.25, 0.3) is 0 Å². The zero-order valence-electron chi connectivity index (χ0n) is 9.26. The number of phenols is 1. The molecule has 17 heavy (non-hydrogen) atoms. The molecule has 2 unspecified atom stereocenters. The molecule has 5 nitrogen and oxygen atoms in total. The van der Waals surface area contributed by atoms with E-state index in [4.69, 9.17) is 10.2 Å². The lowest BCUT2D eigenvalue weighted by molar-refractivity contribution is -0.141. The average Bonchev–Trinajstić information content (AvgIpc) is 2.78. The molecular formula is C12H15NO4. The van der Waals surface area contributed by atoms with Gasteiger partial charge in [0, 0.05) is 18.2 Å². The Morgan fingerprint density at radius 1 is 1.47 bits per heavy atom. The maximum atomic E-state index is 10.8. The van der Waals surface area contributed by atoms with Crippen LogP contribution in [0, 0.1) is 5.92 Å². The summed E-state index contributed by atoms with van der Waals surface area (Å²) in [4.78, 5) is 10.8. The Hall–Kier alpha value is -1.59.